The predicted octanol–water partition coefficient (Wildman–Crippen LogP) is 4.01. The fourth-order valence-corrected chi connectivity index (χ4v) is 2.50. The van der Waals surface area contributed by atoms with Gasteiger partial charge in [-0.15, -0.1) is 0 Å². The molecule has 0 atom stereocenters. The van der Waals surface area contributed by atoms with Gasteiger partial charge in [0.25, 0.3) is 0 Å². The quantitative estimate of drug-likeness (QED) is 0.696. The first-order valence-electron chi connectivity index (χ1n) is 6.59. The Morgan fingerprint density at radius 3 is 2.75 bits per heavy atom. The van der Waals surface area contributed by atoms with Gasteiger partial charge in [-0.05, 0) is 59.0 Å². The molecule has 0 aliphatic rings. The lowest BCUT2D eigenvalue weighted by Gasteiger charge is -2.10. The number of rotatable bonds is 2. The van der Waals surface area contributed by atoms with Crippen LogP contribution in [0.1, 0.15) is 22.3 Å². The maximum atomic E-state index is 9.03. The molecule has 0 amide bonds. The normalized spacial score (nSPS) is 10.4. The highest BCUT2D eigenvalue weighted by Crippen LogP contribution is 2.24. The van der Waals surface area contributed by atoms with Crippen LogP contribution in [0.5, 0.6) is 0 Å². The molecular weight excluding hydrogens is 244 g/mol. The first kappa shape index (κ1) is 12.4. The van der Waals surface area contributed by atoms with Gasteiger partial charge in [0.1, 0.15) is 0 Å². The molecule has 0 radical (unpaired) electrons. The summed E-state index contributed by atoms with van der Waals surface area (Å²) in [5.74, 6) is 0. The number of hydrogen-bond acceptors (Lipinski definition) is 2. The summed E-state index contributed by atoms with van der Waals surface area (Å²) in [7, 11) is 0. The van der Waals surface area contributed by atoms with Crippen LogP contribution in [0.2, 0.25) is 0 Å². The maximum absolute atomic E-state index is 9.03. The van der Waals surface area contributed by atoms with Crippen LogP contribution in [0.15, 0.2) is 54.9 Å². The molecule has 1 aromatic heterocycles. The Labute approximate surface area is 118 Å². The highest BCUT2D eigenvalue weighted by molar-refractivity contribution is 5.87. The van der Waals surface area contributed by atoms with Crippen LogP contribution in [0.4, 0.5) is 0 Å². The zero-order valence-electron chi connectivity index (χ0n) is 11.3. The van der Waals surface area contributed by atoms with E-state index in [-0.39, 0.29) is 0 Å². The molecule has 1 heterocycles. The number of fused-ring (bicyclic) bond motifs is 1. The summed E-state index contributed by atoms with van der Waals surface area (Å²) in [6.07, 6.45) is 4.55. The van der Waals surface area contributed by atoms with Gasteiger partial charge in [-0.25, -0.2) is 0 Å². The molecular formula is C18H14N2. The molecule has 0 saturated heterocycles. The van der Waals surface area contributed by atoms with Gasteiger partial charge in [-0.2, -0.15) is 5.26 Å². The molecule has 3 rings (SSSR count). The van der Waals surface area contributed by atoms with Gasteiger partial charge in [0.05, 0.1) is 11.6 Å². The average molecular weight is 258 g/mol. The Hall–Kier alpha value is -2.66. The zero-order valence-corrected chi connectivity index (χ0v) is 11.3. The fraction of sp³-hybridized carbons (Fsp3) is 0.111. The van der Waals surface area contributed by atoms with Gasteiger partial charge >= 0.3 is 0 Å². The summed E-state index contributed by atoms with van der Waals surface area (Å²) in [6, 6.07) is 16.4. The molecule has 0 aliphatic carbocycles. The first-order chi connectivity index (χ1) is 9.78. The van der Waals surface area contributed by atoms with E-state index in [4.69, 9.17) is 5.26 Å². The molecule has 2 nitrogen and oxygen atoms in total. The second-order valence-electron chi connectivity index (χ2n) is 4.94. The average Bonchev–Trinajstić information content (AvgIpc) is 2.51. The molecule has 0 spiro atoms. The van der Waals surface area contributed by atoms with Crippen LogP contribution in [-0.2, 0) is 6.42 Å². The summed E-state index contributed by atoms with van der Waals surface area (Å²) in [5, 5.41) is 11.4. The third-order valence-electron chi connectivity index (χ3n) is 3.65. The van der Waals surface area contributed by atoms with Gasteiger partial charge in [0.2, 0.25) is 0 Å². The molecule has 0 fully saturated rings. The predicted molar refractivity (Wildman–Crippen MR) is 80.4 cm³/mol. The van der Waals surface area contributed by atoms with E-state index in [9.17, 15) is 0 Å². The molecule has 0 saturated carbocycles. The molecule has 3 aromatic rings. The van der Waals surface area contributed by atoms with Gasteiger partial charge in [0, 0.05) is 12.4 Å². The van der Waals surface area contributed by atoms with Crippen molar-refractivity contribution >= 4 is 10.8 Å². The second kappa shape index (κ2) is 5.14. The summed E-state index contributed by atoms with van der Waals surface area (Å²) < 4.78 is 0. The van der Waals surface area contributed by atoms with Crippen molar-refractivity contribution in [3.8, 4) is 6.07 Å². The van der Waals surface area contributed by atoms with Crippen LogP contribution in [-0.4, -0.2) is 4.98 Å². The number of hydrogen-bond donors (Lipinski definition) is 0. The third-order valence-corrected chi connectivity index (χ3v) is 3.65. The molecule has 2 heteroatoms. The minimum atomic E-state index is 0.708. The van der Waals surface area contributed by atoms with Crippen molar-refractivity contribution in [1.82, 2.24) is 4.98 Å². The van der Waals surface area contributed by atoms with Gasteiger partial charge in [-0.1, -0.05) is 24.3 Å². The lowest BCUT2D eigenvalue weighted by Crippen LogP contribution is -1.94. The van der Waals surface area contributed by atoms with Crippen molar-refractivity contribution in [2.45, 2.75) is 13.3 Å². The Morgan fingerprint density at radius 1 is 1.15 bits per heavy atom. The van der Waals surface area contributed by atoms with E-state index in [0.29, 0.717) is 5.56 Å². The minimum absolute atomic E-state index is 0.708. The van der Waals surface area contributed by atoms with E-state index in [0.717, 1.165) is 11.8 Å². The highest BCUT2D eigenvalue weighted by Gasteiger charge is 2.05. The van der Waals surface area contributed by atoms with Crippen molar-refractivity contribution in [1.29, 1.82) is 5.26 Å². The van der Waals surface area contributed by atoms with Gasteiger partial charge < -0.3 is 0 Å². The zero-order chi connectivity index (χ0) is 13.9. The number of nitriles is 1. The van der Waals surface area contributed by atoms with E-state index in [1.807, 2.05) is 30.5 Å². The first-order valence-corrected chi connectivity index (χ1v) is 6.59. The summed E-state index contributed by atoms with van der Waals surface area (Å²) in [4.78, 5) is 4.16. The van der Waals surface area contributed by atoms with E-state index >= 15 is 0 Å². The lowest BCUT2D eigenvalue weighted by molar-refractivity contribution is 1.13. The number of benzene rings is 2. The lowest BCUT2D eigenvalue weighted by atomic mass is 9.95. The smallest absolute Gasteiger partial charge is 0.0991 e. The summed E-state index contributed by atoms with van der Waals surface area (Å²) >= 11 is 0. The number of pyridine rings is 1. The standard InChI is InChI=1S/C18H14N2/c1-13-17(9-15-3-2-8-20-12-15)7-6-16-5-4-14(11-19)10-18(13)16/h2-8,10,12H,9H2,1H3. The van der Waals surface area contributed by atoms with Crippen molar-refractivity contribution in [2.75, 3.05) is 0 Å². The molecule has 2 aromatic carbocycles. The minimum Gasteiger partial charge on any atom is -0.264 e. The maximum Gasteiger partial charge on any atom is 0.0991 e. The molecule has 20 heavy (non-hydrogen) atoms. The van der Waals surface area contributed by atoms with Crippen molar-refractivity contribution in [2.24, 2.45) is 0 Å². The van der Waals surface area contributed by atoms with Gasteiger partial charge in [-0.3, -0.25) is 4.98 Å². The van der Waals surface area contributed by atoms with Crippen LogP contribution in [0.25, 0.3) is 10.8 Å². The van der Waals surface area contributed by atoms with Crippen molar-refractivity contribution in [3.63, 3.8) is 0 Å². The highest BCUT2D eigenvalue weighted by atomic mass is 14.6. The molecule has 0 N–H and O–H groups in total. The molecule has 0 unspecified atom stereocenters. The Balaban J connectivity index is 2.09. The molecule has 96 valence electrons. The SMILES string of the molecule is Cc1c(Cc2cccnc2)ccc2ccc(C#N)cc12. The van der Waals surface area contributed by atoms with Crippen molar-refractivity contribution < 1.29 is 0 Å². The topological polar surface area (TPSA) is 36.7 Å². The number of nitrogens with zero attached hydrogens (tertiary/aromatic N) is 2. The number of aryl methyl sites for hydroxylation is 1. The Kier molecular flexibility index (Phi) is 3.18. The second-order valence-corrected chi connectivity index (χ2v) is 4.94. The van der Waals surface area contributed by atoms with E-state index in [1.54, 1.807) is 6.20 Å². The number of aromatic nitrogens is 1. The monoisotopic (exact) mass is 258 g/mol. The fourth-order valence-electron chi connectivity index (χ4n) is 2.50. The largest absolute Gasteiger partial charge is 0.264 e. The van der Waals surface area contributed by atoms with Crippen LogP contribution >= 0.6 is 0 Å². The van der Waals surface area contributed by atoms with E-state index < -0.39 is 0 Å². The molecule has 0 aliphatic heterocycles. The van der Waals surface area contributed by atoms with Gasteiger partial charge in [0.15, 0.2) is 0 Å². The third kappa shape index (κ3) is 2.26. The molecule has 0 bridgehead atoms. The van der Waals surface area contributed by atoms with Crippen LogP contribution < -0.4 is 0 Å². The van der Waals surface area contributed by atoms with Crippen LogP contribution in [0.3, 0.4) is 0 Å². The Morgan fingerprint density at radius 2 is 2.00 bits per heavy atom. The van der Waals surface area contributed by atoms with Crippen molar-refractivity contribution in [3.05, 3.63) is 77.1 Å². The summed E-state index contributed by atoms with van der Waals surface area (Å²) in [5.41, 5.74) is 4.43. The van der Waals surface area contributed by atoms with Crippen LogP contribution in [0, 0.1) is 18.3 Å². The van der Waals surface area contributed by atoms with E-state index in [2.05, 4.69) is 36.2 Å². The van der Waals surface area contributed by atoms with E-state index in [1.165, 1.54) is 22.1 Å². The Bertz CT molecular complexity index is 799. The summed E-state index contributed by atoms with van der Waals surface area (Å²) in [6.45, 7) is 2.12.